The number of hydrogen-bond donors (Lipinski definition) is 11. The number of primary amides is 2. The van der Waals surface area contributed by atoms with Crippen LogP contribution in [0.2, 0.25) is 0 Å². The van der Waals surface area contributed by atoms with E-state index in [0.29, 0.717) is 24.9 Å². The number of phenols is 1. The third-order valence-corrected chi connectivity index (χ3v) is 6.71. The highest BCUT2D eigenvalue weighted by molar-refractivity contribution is 5.97. The second kappa shape index (κ2) is 19.6. The molecule has 1 aromatic carbocycles. The van der Waals surface area contributed by atoms with Gasteiger partial charge in [-0.25, -0.2) is 4.79 Å². The molecule has 18 heteroatoms. The zero-order valence-electron chi connectivity index (χ0n) is 25.4. The summed E-state index contributed by atoms with van der Waals surface area (Å²) in [6.45, 7) is 1.53. The Morgan fingerprint density at radius 1 is 0.761 bits per heavy atom. The van der Waals surface area contributed by atoms with Crippen molar-refractivity contribution in [1.82, 2.24) is 21.3 Å². The number of hydrogen-bond acceptors (Lipinski definition) is 11. The number of phenolic OH excluding ortho intramolecular Hbond substituents is 1. The second-order valence-corrected chi connectivity index (χ2v) is 10.7. The van der Waals surface area contributed by atoms with Crippen molar-refractivity contribution in [2.75, 3.05) is 6.54 Å². The number of aliphatic hydroxyl groups is 1. The molecule has 1 rings (SSSR count). The third kappa shape index (κ3) is 14.3. The molecule has 0 heterocycles. The lowest BCUT2D eigenvalue weighted by atomic mass is 10.0. The summed E-state index contributed by atoms with van der Waals surface area (Å²) < 4.78 is 0. The van der Waals surface area contributed by atoms with E-state index in [1.54, 1.807) is 0 Å². The normalized spacial score (nSPS) is 14.8. The summed E-state index contributed by atoms with van der Waals surface area (Å²) in [5.41, 5.74) is 22.2. The number of benzene rings is 1. The molecule has 0 saturated heterocycles. The van der Waals surface area contributed by atoms with Gasteiger partial charge in [-0.1, -0.05) is 18.6 Å². The van der Waals surface area contributed by atoms with Gasteiger partial charge in [0.1, 0.15) is 29.9 Å². The van der Waals surface area contributed by atoms with Crippen molar-refractivity contribution in [1.29, 1.82) is 0 Å². The Labute approximate surface area is 265 Å². The molecule has 18 nitrogen and oxygen atoms in total. The van der Waals surface area contributed by atoms with Gasteiger partial charge in [-0.2, -0.15) is 0 Å². The predicted octanol–water partition coefficient (Wildman–Crippen LogP) is -4.06. The molecule has 0 unspecified atom stereocenters. The van der Waals surface area contributed by atoms with E-state index in [9.17, 15) is 48.9 Å². The Kier molecular flexibility index (Phi) is 16.7. The maximum Gasteiger partial charge on any atom is 0.326 e. The van der Waals surface area contributed by atoms with Crippen molar-refractivity contribution in [3.63, 3.8) is 0 Å². The van der Waals surface area contributed by atoms with E-state index >= 15 is 0 Å². The average Bonchev–Trinajstić information content (AvgIpc) is 2.97. The Morgan fingerprint density at radius 3 is 1.85 bits per heavy atom. The molecule has 0 aliphatic rings. The summed E-state index contributed by atoms with van der Waals surface area (Å²) in [5, 5.41) is 38.4. The number of amides is 6. The minimum absolute atomic E-state index is 0.0558. The fraction of sp³-hybridized carbons (Fsp3) is 0.536. The van der Waals surface area contributed by atoms with Gasteiger partial charge >= 0.3 is 5.97 Å². The Balaban J connectivity index is 3.12. The molecule has 0 aromatic heterocycles. The van der Waals surface area contributed by atoms with Gasteiger partial charge in [0, 0.05) is 12.8 Å². The van der Waals surface area contributed by atoms with Crippen LogP contribution in [0.25, 0.3) is 0 Å². The van der Waals surface area contributed by atoms with E-state index in [1.165, 1.54) is 24.3 Å². The molecule has 0 spiro atoms. The zero-order chi connectivity index (χ0) is 35.0. The first-order valence-electron chi connectivity index (χ1n) is 14.5. The number of aliphatic carboxylic acids is 1. The molecule has 0 aliphatic heterocycles. The first kappa shape index (κ1) is 39.2. The molecule has 6 amide bonds. The summed E-state index contributed by atoms with van der Waals surface area (Å²) in [5.74, 6) is -7.29. The van der Waals surface area contributed by atoms with E-state index in [1.807, 2.05) is 0 Å². The average molecular weight is 653 g/mol. The summed E-state index contributed by atoms with van der Waals surface area (Å²) in [6, 6.07) is -1.87. The van der Waals surface area contributed by atoms with Gasteiger partial charge in [0.25, 0.3) is 0 Å². The molecule has 0 fully saturated rings. The number of rotatable bonds is 21. The molecule has 1 aromatic rings. The molecular formula is C28H44N8O10. The van der Waals surface area contributed by atoms with Crippen LogP contribution in [-0.4, -0.2) is 99.6 Å². The number of nitrogens with two attached hydrogens (primary N) is 4. The van der Waals surface area contributed by atoms with Crippen LogP contribution in [0, 0.1) is 0 Å². The smallest absolute Gasteiger partial charge is 0.326 e. The highest BCUT2D eigenvalue weighted by Crippen LogP contribution is 2.12. The van der Waals surface area contributed by atoms with Gasteiger partial charge in [-0.15, -0.1) is 0 Å². The SMILES string of the molecule is C[C@@H](O)[C@H](NC(=O)[C@H](CCC(N)=O)NC(=O)[C@H](CC(N)=O)NC(=O)[C@@H](N)CCCCN)C(=O)N[C@@H](Cc1ccc(O)cc1)C(=O)O. The monoisotopic (exact) mass is 652 g/mol. The van der Waals surface area contributed by atoms with E-state index < -0.39 is 97.0 Å². The Hall–Kier alpha value is -4.81. The largest absolute Gasteiger partial charge is 0.508 e. The van der Waals surface area contributed by atoms with Gasteiger partial charge < -0.3 is 59.5 Å². The summed E-state index contributed by atoms with van der Waals surface area (Å²) >= 11 is 0. The topological polar surface area (TPSA) is 332 Å². The van der Waals surface area contributed by atoms with Crippen molar-refractivity contribution in [2.45, 2.75) is 88.2 Å². The van der Waals surface area contributed by atoms with E-state index in [2.05, 4.69) is 21.3 Å². The molecule has 0 saturated carbocycles. The lowest BCUT2D eigenvalue weighted by molar-refractivity contribution is -0.143. The van der Waals surface area contributed by atoms with Gasteiger partial charge in [0.15, 0.2) is 0 Å². The van der Waals surface area contributed by atoms with Crippen molar-refractivity contribution < 1.29 is 48.9 Å². The lowest BCUT2D eigenvalue weighted by Crippen LogP contribution is -2.61. The van der Waals surface area contributed by atoms with Crippen LogP contribution in [0.1, 0.15) is 51.0 Å². The first-order valence-corrected chi connectivity index (χ1v) is 14.5. The molecule has 256 valence electrons. The van der Waals surface area contributed by atoms with E-state index in [4.69, 9.17) is 22.9 Å². The number of carbonyl (C=O) groups is 7. The van der Waals surface area contributed by atoms with Crippen molar-refractivity contribution in [2.24, 2.45) is 22.9 Å². The van der Waals surface area contributed by atoms with Crippen LogP contribution >= 0.6 is 0 Å². The Morgan fingerprint density at radius 2 is 1.33 bits per heavy atom. The summed E-state index contributed by atoms with van der Waals surface area (Å²) in [7, 11) is 0. The quantitative estimate of drug-likeness (QED) is 0.0565. The lowest BCUT2D eigenvalue weighted by Gasteiger charge is -2.27. The van der Waals surface area contributed by atoms with Crippen LogP contribution < -0.4 is 44.2 Å². The minimum Gasteiger partial charge on any atom is -0.508 e. The van der Waals surface area contributed by atoms with Crippen LogP contribution in [0.15, 0.2) is 24.3 Å². The number of carboxylic acid groups (broad SMARTS) is 1. The van der Waals surface area contributed by atoms with Gasteiger partial charge in [0.05, 0.1) is 18.6 Å². The van der Waals surface area contributed by atoms with Crippen LogP contribution in [0.3, 0.4) is 0 Å². The van der Waals surface area contributed by atoms with Crippen molar-refractivity contribution in [3.05, 3.63) is 29.8 Å². The highest BCUT2D eigenvalue weighted by atomic mass is 16.4. The molecule has 46 heavy (non-hydrogen) atoms. The highest BCUT2D eigenvalue weighted by Gasteiger charge is 2.34. The number of carbonyl (C=O) groups excluding carboxylic acids is 6. The van der Waals surface area contributed by atoms with Crippen molar-refractivity contribution in [3.8, 4) is 5.75 Å². The molecule has 0 aliphatic carbocycles. The van der Waals surface area contributed by atoms with E-state index in [-0.39, 0.29) is 18.6 Å². The number of carboxylic acids is 1. The van der Waals surface area contributed by atoms with Crippen LogP contribution in [0.4, 0.5) is 0 Å². The number of aromatic hydroxyl groups is 1. The number of aliphatic hydroxyl groups excluding tert-OH is 1. The van der Waals surface area contributed by atoms with E-state index in [0.717, 1.165) is 6.92 Å². The predicted molar refractivity (Wildman–Crippen MR) is 162 cm³/mol. The van der Waals surface area contributed by atoms with Crippen LogP contribution in [0.5, 0.6) is 5.75 Å². The van der Waals surface area contributed by atoms with Gasteiger partial charge in [-0.05, 0) is 50.4 Å². The summed E-state index contributed by atoms with van der Waals surface area (Å²) in [4.78, 5) is 87.0. The molecule has 6 atom stereocenters. The second-order valence-electron chi connectivity index (χ2n) is 10.7. The maximum absolute atomic E-state index is 13.3. The standard InChI is InChI=1S/C28H44N8O10/c1-14(37)23(27(44)35-20(28(45)46)12-15-5-7-16(38)8-6-15)36-25(42)18(9-10-21(31)39)33-26(43)19(13-22(32)40)34-24(41)17(30)4-2-3-11-29/h5-8,14,17-20,23,37-38H,2-4,9-13,29-30H2,1H3,(H2,31,39)(H2,32,40)(H,33,43)(H,34,41)(H,35,44)(H,36,42)(H,45,46)/t14-,17+,18+,19+,20+,23+/m1/s1. The minimum atomic E-state index is -1.73. The number of unbranched alkanes of at least 4 members (excludes halogenated alkanes) is 1. The molecule has 15 N–H and O–H groups in total. The third-order valence-electron chi connectivity index (χ3n) is 6.71. The van der Waals surface area contributed by atoms with Gasteiger partial charge in [-0.3, -0.25) is 28.8 Å². The molecule has 0 radical (unpaired) electrons. The zero-order valence-corrected chi connectivity index (χ0v) is 25.4. The summed E-state index contributed by atoms with van der Waals surface area (Å²) in [6.07, 6.45) is -1.90. The fourth-order valence-corrected chi connectivity index (χ4v) is 4.15. The molecule has 0 bridgehead atoms. The maximum atomic E-state index is 13.3. The fourth-order valence-electron chi connectivity index (χ4n) is 4.15. The number of nitrogens with one attached hydrogen (secondary N) is 4. The molecular weight excluding hydrogens is 608 g/mol. The van der Waals surface area contributed by atoms with Crippen molar-refractivity contribution >= 4 is 41.4 Å². The Bertz CT molecular complexity index is 1230. The van der Waals surface area contributed by atoms with Gasteiger partial charge in [0.2, 0.25) is 35.4 Å². The first-order chi connectivity index (χ1) is 21.5. The van der Waals surface area contributed by atoms with Crippen LogP contribution in [-0.2, 0) is 40.0 Å².